The van der Waals surface area contributed by atoms with Crippen LogP contribution in [0.4, 0.5) is 0 Å². The number of thiol groups is 1. The van der Waals surface area contributed by atoms with Crippen LogP contribution in [-0.2, 0) is 60.8 Å². The predicted octanol–water partition coefficient (Wildman–Crippen LogP) is -1.94. The van der Waals surface area contributed by atoms with E-state index < -0.39 is 114 Å². The third-order valence-corrected chi connectivity index (χ3v) is 12.4. The second-order valence-electron chi connectivity index (χ2n) is 17.6. The number of hydrogen-bond donors (Lipinski definition) is 12. The quantitative estimate of drug-likeness (QED) is 0.0129. The lowest BCUT2D eigenvalue weighted by Crippen LogP contribution is -2.61. The van der Waals surface area contributed by atoms with Crippen LogP contribution in [0, 0.1) is 5.92 Å². The van der Waals surface area contributed by atoms with E-state index in [1.165, 1.54) is 4.90 Å². The molecule has 1 aliphatic heterocycles. The maximum absolute atomic E-state index is 14.5. The van der Waals surface area contributed by atoms with E-state index in [1.807, 2.05) is 6.07 Å². The predicted molar refractivity (Wildman–Crippen MR) is 269 cm³/mol. The number of nitrogens with two attached hydrogens (primary N) is 4. The van der Waals surface area contributed by atoms with Crippen molar-refractivity contribution in [2.45, 2.75) is 133 Å². The zero-order chi connectivity index (χ0) is 53.3. The number of carbonyl (C=O) groups is 10. The minimum atomic E-state index is -1.49. The van der Waals surface area contributed by atoms with Gasteiger partial charge in [0.05, 0.1) is 12.1 Å². The number of likely N-dealkylation sites (tertiary alicyclic amines) is 1. The number of rotatable bonds is 31. The summed E-state index contributed by atoms with van der Waals surface area (Å²) in [5.41, 5.74) is 23.4. The second-order valence-corrected chi connectivity index (χ2v) is 18.0. The van der Waals surface area contributed by atoms with E-state index >= 15 is 0 Å². The largest absolute Gasteiger partial charge is 0.481 e. The minimum absolute atomic E-state index is 0.00361. The molecule has 0 bridgehead atoms. The van der Waals surface area contributed by atoms with E-state index in [4.69, 9.17) is 22.9 Å². The lowest BCUT2D eigenvalue weighted by Gasteiger charge is -2.33. The standard InChI is InChI=1S/C48H70N12O11S/c1-3-28(2)40(59-45(69)36(27-72)58-42(66)33(16-10-22-53-48(51)52)55-41(65)32(49)18-20-38(50)62)47(71)60-23-11-17-37(60)46(70)56-34(19-21-39(63)64)43(67)57-35(25-30-14-8-5-9-15-30)44(68)54-31(26-61)24-29-12-6-4-7-13-29/h4-9,12-15,26,28,31-37,40,72H,3,10-11,16-25,27,49H2,1-2H3,(H2,50,62)(H,54,68)(H,55,65)(H,56,70)(H,57,67)(H,58,66)(H,59,69)(H,63,64)(H4,51,52,53)/t28-,31-,32-,33-,34-,35-,36-,37-,40-/m0/s1. The van der Waals surface area contributed by atoms with Gasteiger partial charge in [0.25, 0.3) is 0 Å². The lowest BCUT2D eigenvalue weighted by atomic mass is 9.96. The number of benzene rings is 2. The highest BCUT2D eigenvalue weighted by Gasteiger charge is 2.41. The highest BCUT2D eigenvalue weighted by atomic mass is 32.1. The average molecular weight is 1020 g/mol. The van der Waals surface area contributed by atoms with Crippen LogP contribution in [0.25, 0.3) is 0 Å². The number of aliphatic imine (C=N–C) groups is 1. The Balaban J connectivity index is 1.81. The highest BCUT2D eigenvalue weighted by molar-refractivity contribution is 7.80. The zero-order valence-corrected chi connectivity index (χ0v) is 41.5. The van der Waals surface area contributed by atoms with Gasteiger partial charge in [0.15, 0.2) is 5.96 Å². The monoisotopic (exact) mass is 1020 g/mol. The summed E-state index contributed by atoms with van der Waals surface area (Å²) in [5.74, 6) is -8.25. The molecule has 72 heavy (non-hydrogen) atoms. The molecular formula is C48H70N12O11S. The summed E-state index contributed by atoms with van der Waals surface area (Å²) >= 11 is 4.28. The smallest absolute Gasteiger partial charge is 0.303 e. The molecule has 1 heterocycles. The maximum Gasteiger partial charge on any atom is 0.303 e. The Morgan fingerprint density at radius 1 is 0.736 bits per heavy atom. The van der Waals surface area contributed by atoms with Crippen LogP contribution in [0.15, 0.2) is 65.7 Å². The molecule has 394 valence electrons. The second kappa shape index (κ2) is 30.6. The molecule has 1 fully saturated rings. The number of aliphatic carboxylic acids is 1. The molecule has 0 aromatic heterocycles. The molecule has 0 saturated carbocycles. The van der Waals surface area contributed by atoms with E-state index in [0.717, 1.165) is 5.56 Å². The van der Waals surface area contributed by atoms with Crippen molar-refractivity contribution >= 4 is 78.1 Å². The molecule has 0 unspecified atom stereocenters. The third kappa shape index (κ3) is 20.0. The average Bonchev–Trinajstić information content (AvgIpc) is 3.86. The number of carboxylic acids is 1. The first kappa shape index (κ1) is 59.2. The van der Waals surface area contributed by atoms with Gasteiger partial charge in [0.2, 0.25) is 47.3 Å². The molecule has 23 nitrogen and oxygen atoms in total. The van der Waals surface area contributed by atoms with Crippen molar-refractivity contribution in [2.24, 2.45) is 33.8 Å². The van der Waals surface area contributed by atoms with Crippen molar-refractivity contribution in [2.75, 3.05) is 18.8 Å². The molecule has 0 spiro atoms. The van der Waals surface area contributed by atoms with E-state index in [-0.39, 0.29) is 76.2 Å². The maximum atomic E-state index is 14.5. The molecule has 8 amide bonds. The number of guanidine groups is 1. The summed E-state index contributed by atoms with van der Waals surface area (Å²) in [6.45, 7) is 3.68. The van der Waals surface area contributed by atoms with E-state index in [1.54, 1.807) is 68.4 Å². The Hall–Kier alpha value is -7.08. The van der Waals surface area contributed by atoms with Crippen molar-refractivity contribution in [3.8, 4) is 0 Å². The van der Waals surface area contributed by atoms with Crippen molar-refractivity contribution in [3.05, 3.63) is 71.8 Å². The highest BCUT2D eigenvalue weighted by Crippen LogP contribution is 2.22. The molecule has 1 aliphatic rings. The first-order valence-electron chi connectivity index (χ1n) is 23.9. The Morgan fingerprint density at radius 2 is 1.29 bits per heavy atom. The van der Waals surface area contributed by atoms with Crippen LogP contribution in [0.5, 0.6) is 0 Å². The number of amides is 8. The molecule has 24 heteroatoms. The number of nitrogens with one attached hydrogen (secondary N) is 6. The van der Waals surface area contributed by atoms with Gasteiger partial charge in [-0.15, -0.1) is 0 Å². The fourth-order valence-corrected chi connectivity index (χ4v) is 8.04. The van der Waals surface area contributed by atoms with Gasteiger partial charge >= 0.3 is 5.97 Å². The molecule has 15 N–H and O–H groups in total. The van der Waals surface area contributed by atoms with Crippen LogP contribution in [0.1, 0.15) is 82.8 Å². The number of primary amides is 1. The Labute approximate surface area is 423 Å². The summed E-state index contributed by atoms with van der Waals surface area (Å²) in [7, 11) is 0. The summed E-state index contributed by atoms with van der Waals surface area (Å²) in [6.07, 6.45) is 0.643. The Kier molecular flexibility index (Phi) is 25.2. The van der Waals surface area contributed by atoms with Gasteiger partial charge in [-0.3, -0.25) is 48.1 Å². The van der Waals surface area contributed by atoms with Crippen LogP contribution < -0.4 is 54.8 Å². The fourth-order valence-electron chi connectivity index (χ4n) is 7.79. The number of carboxylic acid groups (broad SMARTS) is 1. The SMILES string of the molecule is CC[C@H](C)[C@H](NC(=O)[C@H](CS)NC(=O)[C@H](CCCN=C(N)N)NC(=O)[C@@H](N)CCC(N)=O)C(=O)N1CCC[C@H]1C(=O)N[C@@H](CCC(=O)O)C(=O)N[C@@H](Cc1ccccc1)C(=O)N[C@H](C=O)Cc1ccccc1. The van der Waals surface area contributed by atoms with Gasteiger partial charge < -0.3 is 69.6 Å². The van der Waals surface area contributed by atoms with E-state index in [0.29, 0.717) is 24.7 Å². The molecule has 1 saturated heterocycles. The first-order chi connectivity index (χ1) is 34.3. The van der Waals surface area contributed by atoms with E-state index in [9.17, 15) is 53.1 Å². The zero-order valence-electron chi connectivity index (χ0n) is 40.6. The van der Waals surface area contributed by atoms with Crippen LogP contribution >= 0.6 is 12.6 Å². The molecular weight excluding hydrogens is 953 g/mol. The normalized spacial score (nSPS) is 16.4. The molecule has 0 radical (unpaired) electrons. The van der Waals surface area contributed by atoms with Gasteiger partial charge in [-0.05, 0) is 62.0 Å². The van der Waals surface area contributed by atoms with E-state index in [2.05, 4.69) is 49.5 Å². The summed E-state index contributed by atoms with van der Waals surface area (Å²) in [6, 6.07) is 7.84. The third-order valence-electron chi connectivity index (χ3n) is 12.0. The lowest BCUT2D eigenvalue weighted by molar-refractivity contribution is -0.143. The molecule has 2 aromatic carbocycles. The van der Waals surface area contributed by atoms with Crippen molar-refractivity contribution in [1.29, 1.82) is 0 Å². The number of hydrogen-bond acceptors (Lipinski definition) is 13. The summed E-state index contributed by atoms with van der Waals surface area (Å²) in [4.78, 5) is 137. The topological polar surface area (TPSA) is 383 Å². The first-order valence-corrected chi connectivity index (χ1v) is 24.5. The number of carbonyl (C=O) groups excluding carboxylic acids is 9. The number of nitrogens with zero attached hydrogens (tertiary/aromatic N) is 2. The van der Waals surface area contributed by atoms with Gasteiger partial charge in [0.1, 0.15) is 42.5 Å². The van der Waals surface area contributed by atoms with Crippen LogP contribution in [-0.4, -0.2) is 143 Å². The summed E-state index contributed by atoms with van der Waals surface area (Å²) < 4.78 is 0. The van der Waals surface area contributed by atoms with Crippen molar-refractivity contribution < 1.29 is 53.1 Å². The van der Waals surface area contributed by atoms with Gasteiger partial charge in [0, 0.05) is 38.1 Å². The van der Waals surface area contributed by atoms with Crippen molar-refractivity contribution in [1.82, 2.24) is 36.8 Å². The van der Waals surface area contributed by atoms with Gasteiger partial charge in [-0.25, -0.2) is 0 Å². The Bertz CT molecular complexity index is 2200. The van der Waals surface area contributed by atoms with Crippen molar-refractivity contribution in [3.63, 3.8) is 0 Å². The van der Waals surface area contributed by atoms with Crippen LogP contribution in [0.2, 0.25) is 0 Å². The molecule has 2 aromatic rings. The molecule has 0 aliphatic carbocycles. The Morgan fingerprint density at radius 3 is 1.85 bits per heavy atom. The van der Waals surface area contributed by atoms with Gasteiger partial charge in [-0.2, -0.15) is 12.6 Å². The molecule has 9 atom stereocenters. The summed E-state index contributed by atoms with van der Waals surface area (Å²) in [5, 5.41) is 25.4. The number of aldehydes is 1. The van der Waals surface area contributed by atoms with Gasteiger partial charge in [-0.1, -0.05) is 80.9 Å². The fraction of sp³-hybridized carbons (Fsp3) is 0.521. The van der Waals surface area contributed by atoms with Crippen LogP contribution in [0.3, 0.4) is 0 Å². The molecule has 3 rings (SSSR count). The minimum Gasteiger partial charge on any atom is -0.481 e.